The number of ether oxygens (including phenoxy) is 1. The molecular weight excluding hydrogens is 242 g/mol. The third kappa shape index (κ3) is 5.75. The molecule has 0 aliphatic heterocycles. The summed E-state index contributed by atoms with van der Waals surface area (Å²) in [6, 6.07) is 7.73. The van der Waals surface area contributed by atoms with Gasteiger partial charge in [0.15, 0.2) is 0 Å². The third-order valence-corrected chi connectivity index (χ3v) is 3.08. The van der Waals surface area contributed by atoms with Gasteiger partial charge in [0.1, 0.15) is 5.75 Å². The largest absolute Gasteiger partial charge is 0.496 e. The highest BCUT2D eigenvalue weighted by Crippen LogP contribution is 2.18. The summed E-state index contributed by atoms with van der Waals surface area (Å²) in [7, 11) is 1.63. The zero-order valence-corrected chi connectivity index (χ0v) is 11.7. The molecule has 106 valence electrons. The number of amides is 1. The van der Waals surface area contributed by atoms with Crippen molar-refractivity contribution in [3.8, 4) is 5.75 Å². The molecule has 2 N–H and O–H groups in total. The quantitative estimate of drug-likeness (QED) is 0.753. The third-order valence-electron chi connectivity index (χ3n) is 3.08. The van der Waals surface area contributed by atoms with E-state index in [2.05, 4.69) is 5.32 Å². The number of nitrogens with one attached hydrogen (secondary N) is 1. The summed E-state index contributed by atoms with van der Waals surface area (Å²) >= 11 is 0. The van der Waals surface area contributed by atoms with E-state index in [1.165, 1.54) is 0 Å². The number of carbonyl (C=O) groups is 1. The van der Waals surface area contributed by atoms with Crippen molar-refractivity contribution in [1.82, 2.24) is 5.32 Å². The SMILES string of the molecule is COc1ccccc1CCC(=O)NCC(C)CCO. The van der Waals surface area contributed by atoms with Gasteiger partial charge in [0.05, 0.1) is 7.11 Å². The molecule has 19 heavy (non-hydrogen) atoms. The Balaban J connectivity index is 2.33. The Hall–Kier alpha value is -1.55. The van der Waals surface area contributed by atoms with Gasteiger partial charge in [0.25, 0.3) is 0 Å². The van der Waals surface area contributed by atoms with E-state index in [9.17, 15) is 4.79 Å². The van der Waals surface area contributed by atoms with E-state index in [0.717, 1.165) is 11.3 Å². The number of aliphatic hydroxyl groups is 1. The van der Waals surface area contributed by atoms with Crippen molar-refractivity contribution in [2.24, 2.45) is 5.92 Å². The normalized spacial score (nSPS) is 11.9. The Morgan fingerprint density at radius 1 is 1.42 bits per heavy atom. The van der Waals surface area contributed by atoms with E-state index >= 15 is 0 Å². The van der Waals surface area contributed by atoms with Gasteiger partial charge in [0.2, 0.25) is 5.91 Å². The predicted molar refractivity (Wildman–Crippen MR) is 75.2 cm³/mol. The Morgan fingerprint density at radius 3 is 2.84 bits per heavy atom. The van der Waals surface area contributed by atoms with E-state index in [0.29, 0.717) is 31.7 Å². The first kappa shape index (κ1) is 15.5. The van der Waals surface area contributed by atoms with Crippen LogP contribution in [-0.2, 0) is 11.2 Å². The lowest BCUT2D eigenvalue weighted by Crippen LogP contribution is -2.28. The van der Waals surface area contributed by atoms with E-state index in [1.807, 2.05) is 31.2 Å². The number of aryl methyl sites for hydroxylation is 1. The summed E-state index contributed by atoms with van der Waals surface area (Å²) in [5.74, 6) is 1.17. The molecule has 0 radical (unpaired) electrons. The molecule has 0 aromatic heterocycles. The molecule has 0 saturated carbocycles. The number of aliphatic hydroxyl groups excluding tert-OH is 1. The minimum atomic E-state index is 0.0377. The summed E-state index contributed by atoms with van der Waals surface area (Å²) in [4.78, 5) is 11.7. The second-order valence-corrected chi connectivity index (χ2v) is 4.73. The maximum Gasteiger partial charge on any atom is 0.220 e. The maximum atomic E-state index is 11.7. The van der Waals surface area contributed by atoms with E-state index < -0.39 is 0 Å². The lowest BCUT2D eigenvalue weighted by atomic mass is 10.1. The van der Waals surface area contributed by atoms with Crippen LogP contribution >= 0.6 is 0 Å². The van der Waals surface area contributed by atoms with Gasteiger partial charge in [-0.2, -0.15) is 0 Å². The fourth-order valence-corrected chi connectivity index (χ4v) is 1.86. The summed E-state index contributed by atoms with van der Waals surface area (Å²) < 4.78 is 5.25. The number of carbonyl (C=O) groups excluding carboxylic acids is 1. The molecule has 0 spiro atoms. The molecule has 0 bridgehead atoms. The molecule has 4 nitrogen and oxygen atoms in total. The summed E-state index contributed by atoms with van der Waals surface area (Å²) in [6.07, 6.45) is 1.84. The van der Waals surface area contributed by atoms with Crippen LogP contribution in [0.2, 0.25) is 0 Å². The highest BCUT2D eigenvalue weighted by Gasteiger charge is 2.07. The molecule has 1 amide bonds. The molecule has 1 aromatic rings. The molecule has 0 heterocycles. The van der Waals surface area contributed by atoms with Crippen LogP contribution in [-0.4, -0.2) is 31.3 Å². The average Bonchev–Trinajstić information content (AvgIpc) is 2.43. The smallest absolute Gasteiger partial charge is 0.220 e. The first-order chi connectivity index (χ1) is 9.17. The molecule has 0 saturated heterocycles. The van der Waals surface area contributed by atoms with Crippen LogP contribution in [0.25, 0.3) is 0 Å². The highest BCUT2D eigenvalue weighted by molar-refractivity contribution is 5.76. The molecule has 0 fully saturated rings. The van der Waals surface area contributed by atoms with Gasteiger partial charge < -0.3 is 15.2 Å². The number of hydrogen-bond donors (Lipinski definition) is 2. The van der Waals surface area contributed by atoms with Crippen LogP contribution in [0.1, 0.15) is 25.3 Å². The second kappa shape index (κ2) is 8.53. The van der Waals surface area contributed by atoms with E-state index in [4.69, 9.17) is 9.84 Å². The van der Waals surface area contributed by atoms with Gasteiger partial charge in [-0.3, -0.25) is 4.79 Å². The van der Waals surface area contributed by atoms with Gasteiger partial charge in [-0.15, -0.1) is 0 Å². The van der Waals surface area contributed by atoms with Gasteiger partial charge in [-0.25, -0.2) is 0 Å². The van der Waals surface area contributed by atoms with Crippen LogP contribution in [0.4, 0.5) is 0 Å². The highest BCUT2D eigenvalue weighted by atomic mass is 16.5. The van der Waals surface area contributed by atoms with Crippen molar-refractivity contribution in [2.45, 2.75) is 26.2 Å². The molecule has 1 atom stereocenters. The van der Waals surface area contributed by atoms with Crippen LogP contribution in [0.15, 0.2) is 24.3 Å². The Labute approximate surface area is 114 Å². The predicted octanol–water partition coefficient (Wildman–Crippen LogP) is 1.76. The monoisotopic (exact) mass is 265 g/mol. The molecule has 1 aromatic carbocycles. The van der Waals surface area contributed by atoms with Crippen LogP contribution in [0.3, 0.4) is 0 Å². The minimum Gasteiger partial charge on any atom is -0.496 e. The fourth-order valence-electron chi connectivity index (χ4n) is 1.86. The Kier molecular flexibility index (Phi) is 6.97. The molecule has 0 aliphatic carbocycles. The van der Waals surface area contributed by atoms with Crippen molar-refractivity contribution < 1.29 is 14.6 Å². The fraction of sp³-hybridized carbons (Fsp3) is 0.533. The number of rotatable bonds is 8. The zero-order valence-electron chi connectivity index (χ0n) is 11.7. The molecule has 0 aliphatic rings. The molecule has 1 rings (SSSR count). The summed E-state index contributed by atoms with van der Waals surface area (Å²) in [6.45, 7) is 2.79. The number of para-hydroxylation sites is 1. The molecule has 4 heteroatoms. The average molecular weight is 265 g/mol. The summed E-state index contributed by atoms with van der Waals surface area (Å²) in [5, 5.41) is 11.7. The van der Waals surface area contributed by atoms with E-state index in [1.54, 1.807) is 7.11 Å². The van der Waals surface area contributed by atoms with Gasteiger partial charge in [-0.05, 0) is 30.4 Å². The van der Waals surface area contributed by atoms with Crippen molar-refractivity contribution in [3.63, 3.8) is 0 Å². The maximum absolute atomic E-state index is 11.7. The first-order valence-corrected chi connectivity index (χ1v) is 6.66. The topological polar surface area (TPSA) is 58.6 Å². The minimum absolute atomic E-state index is 0.0377. The van der Waals surface area contributed by atoms with Crippen LogP contribution in [0, 0.1) is 5.92 Å². The summed E-state index contributed by atoms with van der Waals surface area (Å²) in [5.41, 5.74) is 1.04. The lowest BCUT2D eigenvalue weighted by Gasteiger charge is -2.12. The van der Waals surface area contributed by atoms with Crippen LogP contribution < -0.4 is 10.1 Å². The second-order valence-electron chi connectivity index (χ2n) is 4.73. The first-order valence-electron chi connectivity index (χ1n) is 6.66. The van der Waals surface area contributed by atoms with Crippen molar-refractivity contribution in [3.05, 3.63) is 29.8 Å². The number of hydrogen-bond acceptors (Lipinski definition) is 3. The van der Waals surface area contributed by atoms with Gasteiger partial charge >= 0.3 is 0 Å². The van der Waals surface area contributed by atoms with Crippen LogP contribution in [0.5, 0.6) is 5.75 Å². The van der Waals surface area contributed by atoms with Gasteiger partial charge in [-0.1, -0.05) is 25.1 Å². The van der Waals surface area contributed by atoms with Crippen molar-refractivity contribution in [2.75, 3.05) is 20.3 Å². The number of benzene rings is 1. The Bertz CT molecular complexity index is 393. The standard InChI is InChI=1S/C15H23NO3/c1-12(9-10-17)11-16-15(18)8-7-13-5-3-4-6-14(13)19-2/h3-6,12,17H,7-11H2,1-2H3,(H,16,18). The zero-order chi connectivity index (χ0) is 14.1. The van der Waals surface area contributed by atoms with Crippen molar-refractivity contribution in [1.29, 1.82) is 0 Å². The number of methoxy groups -OCH3 is 1. The molecule has 1 unspecified atom stereocenters. The lowest BCUT2D eigenvalue weighted by molar-refractivity contribution is -0.121. The Morgan fingerprint density at radius 2 is 2.16 bits per heavy atom. The van der Waals surface area contributed by atoms with Crippen molar-refractivity contribution >= 4 is 5.91 Å². The van der Waals surface area contributed by atoms with Gasteiger partial charge in [0, 0.05) is 19.6 Å². The molecular formula is C15H23NO3. The van der Waals surface area contributed by atoms with E-state index in [-0.39, 0.29) is 12.5 Å².